The Kier molecular flexibility index (Phi) is 9.66. The molecule has 1 heterocycles. The number of halogens is 3. The molecule has 0 spiro atoms. The van der Waals surface area contributed by atoms with E-state index in [4.69, 9.17) is 27.9 Å². The van der Waals surface area contributed by atoms with Crippen molar-refractivity contribution >= 4 is 56.9 Å². The van der Waals surface area contributed by atoms with Crippen LogP contribution in [0, 0.1) is 0 Å². The highest BCUT2D eigenvalue weighted by Crippen LogP contribution is 2.32. The topological polar surface area (TPSA) is 87.7 Å². The number of carbonyl (C=O) groups is 3. The molecule has 0 aromatic heterocycles. The Balaban J connectivity index is 1.38. The summed E-state index contributed by atoms with van der Waals surface area (Å²) in [5.74, 6) is -0.569. The van der Waals surface area contributed by atoms with E-state index >= 15 is 0 Å². The third-order valence-electron chi connectivity index (χ3n) is 6.20. The minimum absolute atomic E-state index is 0.0811. The highest BCUT2D eigenvalue weighted by atomic mass is 79.9. The van der Waals surface area contributed by atoms with Gasteiger partial charge in [-0.15, -0.1) is 0 Å². The summed E-state index contributed by atoms with van der Waals surface area (Å²) in [6, 6.07) is 18.9. The molecule has 1 saturated heterocycles. The first-order valence-corrected chi connectivity index (χ1v) is 13.7. The highest BCUT2D eigenvalue weighted by Gasteiger charge is 2.31. The summed E-state index contributed by atoms with van der Waals surface area (Å²) in [5.41, 5.74) is 1.22. The first kappa shape index (κ1) is 28.0. The van der Waals surface area contributed by atoms with Crippen LogP contribution < -0.4 is 15.4 Å². The smallest absolute Gasteiger partial charge is 0.312 e. The summed E-state index contributed by atoms with van der Waals surface area (Å²) in [4.78, 5) is 40.0. The zero-order valence-corrected chi connectivity index (χ0v) is 23.5. The van der Waals surface area contributed by atoms with Crippen LogP contribution in [0.4, 0.5) is 0 Å². The molecule has 1 aliphatic rings. The van der Waals surface area contributed by atoms with Gasteiger partial charge < -0.3 is 20.3 Å². The highest BCUT2D eigenvalue weighted by molar-refractivity contribution is 9.10. The number of hydrogen-bond donors (Lipinski definition) is 2. The third kappa shape index (κ3) is 7.28. The first-order valence-electron chi connectivity index (χ1n) is 12.1. The van der Waals surface area contributed by atoms with E-state index in [9.17, 15) is 14.4 Å². The molecule has 198 valence electrons. The van der Waals surface area contributed by atoms with E-state index in [0.717, 1.165) is 17.3 Å². The van der Waals surface area contributed by atoms with Crippen LogP contribution in [0.15, 0.2) is 71.2 Å². The first-order chi connectivity index (χ1) is 18.3. The molecule has 0 aliphatic carbocycles. The normalized spacial score (nSPS) is 15.0. The summed E-state index contributed by atoms with van der Waals surface area (Å²) in [5, 5.41) is 6.37. The van der Waals surface area contributed by atoms with Gasteiger partial charge in [0.1, 0.15) is 11.5 Å². The Morgan fingerprint density at radius 2 is 1.74 bits per heavy atom. The molecule has 4 rings (SSSR count). The fraction of sp³-hybridized carbons (Fsp3) is 0.250. The van der Waals surface area contributed by atoms with Gasteiger partial charge in [-0.05, 0) is 55.7 Å². The third-order valence-corrected chi connectivity index (χ3v) is 7.44. The van der Waals surface area contributed by atoms with Gasteiger partial charge in [-0.2, -0.15) is 0 Å². The number of likely N-dealkylation sites (tertiary alicyclic amines) is 1. The largest absolute Gasteiger partial charge is 0.457 e. The van der Waals surface area contributed by atoms with Gasteiger partial charge in [0.2, 0.25) is 0 Å². The molecule has 1 aliphatic heterocycles. The monoisotopic (exact) mass is 617 g/mol. The molecule has 0 saturated carbocycles. The number of carbonyl (C=O) groups excluding carboxylic acids is 3. The lowest BCUT2D eigenvalue weighted by molar-refractivity contribution is -0.148. The van der Waals surface area contributed by atoms with E-state index in [1.54, 1.807) is 59.5 Å². The average Bonchev–Trinajstić information content (AvgIpc) is 2.93. The molecule has 1 atom stereocenters. The Morgan fingerprint density at radius 1 is 0.947 bits per heavy atom. The van der Waals surface area contributed by atoms with Crippen molar-refractivity contribution < 1.29 is 19.1 Å². The summed E-state index contributed by atoms with van der Waals surface area (Å²) in [6.07, 6.45) is 2.44. The van der Waals surface area contributed by atoms with E-state index < -0.39 is 11.8 Å². The van der Waals surface area contributed by atoms with Gasteiger partial charge in [0.25, 0.3) is 5.91 Å². The second kappa shape index (κ2) is 13.1. The Bertz CT molecular complexity index is 1320. The van der Waals surface area contributed by atoms with Gasteiger partial charge in [-0.3, -0.25) is 14.4 Å². The van der Waals surface area contributed by atoms with Gasteiger partial charge in [0.15, 0.2) is 0 Å². The van der Waals surface area contributed by atoms with Crippen LogP contribution in [0.1, 0.15) is 35.2 Å². The lowest BCUT2D eigenvalue weighted by atomic mass is 10.0. The van der Waals surface area contributed by atoms with Crippen molar-refractivity contribution in [1.29, 1.82) is 0 Å². The fourth-order valence-corrected chi connectivity index (χ4v) is 4.83. The average molecular weight is 619 g/mol. The van der Waals surface area contributed by atoms with Crippen LogP contribution in [-0.2, 0) is 16.1 Å². The zero-order valence-electron chi connectivity index (χ0n) is 20.4. The van der Waals surface area contributed by atoms with Gasteiger partial charge in [-0.25, -0.2) is 0 Å². The van der Waals surface area contributed by atoms with Crippen molar-refractivity contribution in [3.63, 3.8) is 0 Å². The molecule has 0 bridgehead atoms. The molecule has 3 amide bonds. The van der Waals surface area contributed by atoms with Crippen LogP contribution in [0.3, 0.4) is 0 Å². The lowest BCUT2D eigenvalue weighted by Crippen LogP contribution is -2.53. The van der Waals surface area contributed by atoms with Gasteiger partial charge >= 0.3 is 11.8 Å². The number of nitrogens with zero attached hydrogens (tertiary/aromatic N) is 1. The minimum atomic E-state index is -0.713. The van der Waals surface area contributed by atoms with Crippen molar-refractivity contribution in [2.24, 2.45) is 0 Å². The van der Waals surface area contributed by atoms with Gasteiger partial charge in [0, 0.05) is 47.3 Å². The molecule has 38 heavy (non-hydrogen) atoms. The molecule has 3 aromatic rings. The quantitative estimate of drug-likeness (QED) is 0.319. The molecule has 3 aromatic carbocycles. The maximum atomic E-state index is 13.1. The maximum Gasteiger partial charge on any atom is 0.312 e. The minimum Gasteiger partial charge on any atom is -0.457 e. The molecule has 0 radical (unpaired) electrons. The predicted molar refractivity (Wildman–Crippen MR) is 151 cm³/mol. The molecular weight excluding hydrogens is 593 g/mol. The van der Waals surface area contributed by atoms with E-state index in [2.05, 4.69) is 26.6 Å². The Labute approximate surface area is 239 Å². The SMILES string of the molecule is O=C(NCc1ccc(Br)cc1Oc1ccc(Cl)c(Cl)c1)C(=O)N1CCCCC1CNC(=O)c1ccccc1. The van der Waals surface area contributed by atoms with Crippen LogP contribution in [0.2, 0.25) is 10.0 Å². The van der Waals surface area contributed by atoms with Crippen LogP contribution in [0.25, 0.3) is 0 Å². The zero-order chi connectivity index (χ0) is 27.1. The predicted octanol–water partition coefficient (Wildman–Crippen LogP) is 5.98. The number of nitrogens with one attached hydrogen (secondary N) is 2. The van der Waals surface area contributed by atoms with Crippen molar-refractivity contribution in [2.75, 3.05) is 13.1 Å². The summed E-state index contributed by atoms with van der Waals surface area (Å²) < 4.78 is 6.77. The molecule has 2 N–H and O–H groups in total. The van der Waals surface area contributed by atoms with E-state index in [0.29, 0.717) is 45.6 Å². The van der Waals surface area contributed by atoms with Crippen LogP contribution in [-0.4, -0.2) is 41.8 Å². The van der Waals surface area contributed by atoms with Crippen molar-refractivity contribution in [1.82, 2.24) is 15.5 Å². The summed E-state index contributed by atoms with van der Waals surface area (Å²) in [6.45, 7) is 0.820. The van der Waals surface area contributed by atoms with Crippen molar-refractivity contribution in [3.8, 4) is 11.5 Å². The lowest BCUT2D eigenvalue weighted by Gasteiger charge is -2.35. The molecule has 7 nitrogen and oxygen atoms in total. The number of rotatable bonds is 7. The van der Waals surface area contributed by atoms with E-state index in [-0.39, 0.29) is 25.0 Å². The number of ether oxygens (including phenoxy) is 1. The second-order valence-electron chi connectivity index (χ2n) is 8.84. The molecule has 1 fully saturated rings. The van der Waals surface area contributed by atoms with Gasteiger partial charge in [-0.1, -0.05) is 63.4 Å². The Hall–Kier alpha value is -3.07. The standard InChI is InChI=1S/C28H26BrCl2N3O4/c29-20-10-9-19(25(14-20)38-22-11-12-23(30)24(31)15-22)16-32-27(36)28(37)34-13-5-4-8-21(34)17-33-26(35)18-6-2-1-3-7-18/h1-3,6-7,9-12,14-15,21H,4-5,8,13,16-17H2,(H,32,36)(H,33,35). The van der Waals surface area contributed by atoms with Crippen molar-refractivity contribution in [2.45, 2.75) is 31.8 Å². The van der Waals surface area contributed by atoms with Crippen LogP contribution in [0.5, 0.6) is 11.5 Å². The number of amides is 3. The van der Waals surface area contributed by atoms with Gasteiger partial charge in [0.05, 0.1) is 10.0 Å². The van der Waals surface area contributed by atoms with Crippen molar-refractivity contribution in [3.05, 3.63) is 92.4 Å². The number of hydrogen-bond acceptors (Lipinski definition) is 4. The number of benzene rings is 3. The molecule has 10 heteroatoms. The molecular formula is C28H26BrCl2N3O4. The van der Waals surface area contributed by atoms with Crippen LogP contribution >= 0.6 is 39.1 Å². The second-order valence-corrected chi connectivity index (χ2v) is 10.6. The number of piperidine rings is 1. The maximum absolute atomic E-state index is 13.1. The fourth-order valence-electron chi connectivity index (χ4n) is 4.20. The Morgan fingerprint density at radius 3 is 2.50 bits per heavy atom. The van der Waals surface area contributed by atoms with E-state index in [1.165, 1.54) is 0 Å². The summed E-state index contributed by atoms with van der Waals surface area (Å²) in [7, 11) is 0. The van der Waals surface area contributed by atoms with E-state index in [1.807, 2.05) is 12.1 Å². The molecule has 1 unspecified atom stereocenters. The summed E-state index contributed by atoms with van der Waals surface area (Å²) >= 11 is 15.5.